The highest BCUT2D eigenvalue weighted by molar-refractivity contribution is 6.31. The fourth-order valence-corrected chi connectivity index (χ4v) is 6.45. The van der Waals surface area contributed by atoms with Crippen molar-refractivity contribution in [3.05, 3.63) is 105 Å². The molecule has 2 heteroatoms. The van der Waals surface area contributed by atoms with Gasteiger partial charge in [-0.15, -0.1) is 0 Å². The third-order valence-corrected chi connectivity index (χ3v) is 9.10. The number of halogens is 2. The van der Waals surface area contributed by atoms with Crippen LogP contribution in [0.1, 0.15) is 111 Å². The summed E-state index contributed by atoms with van der Waals surface area (Å²) < 4.78 is 14.8. The van der Waals surface area contributed by atoms with Crippen LogP contribution in [0.2, 0.25) is 5.02 Å². The van der Waals surface area contributed by atoms with Crippen molar-refractivity contribution in [2.24, 2.45) is 5.92 Å². The minimum absolute atomic E-state index is 0.229. The first kappa shape index (κ1) is 28.9. The highest BCUT2D eigenvalue weighted by Crippen LogP contribution is 2.37. The topological polar surface area (TPSA) is 0 Å². The highest BCUT2D eigenvalue weighted by Gasteiger charge is 2.21. The van der Waals surface area contributed by atoms with Crippen molar-refractivity contribution in [1.82, 2.24) is 0 Å². The number of rotatable bonds is 13. The molecule has 1 aliphatic rings. The molecule has 0 unspecified atom stereocenters. The molecule has 0 heterocycles. The van der Waals surface area contributed by atoms with Crippen molar-refractivity contribution in [2.45, 2.75) is 110 Å². The molecule has 0 spiro atoms. The van der Waals surface area contributed by atoms with Gasteiger partial charge in [-0.3, -0.25) is 0 Å². The zero-order chi connectivity index (χ0) is 26.7. The molecule has 0 atom stereocenters. The van der Waals surface area contributed by atoms with E-state index in [4.69, 9.17) is 11.6 Å². The van der Waals surface area contributed by atoms with Gasteiger partial charge in [0.05, 0.1) is 5.02 Å². The van der Waals surface area contributed by atoms with Gasteiger partial charge in [0.25, 0.3) is 0 Å². The Bertz CT molecular complexity index is 1110. The normalized spacial score (nSPS) is 17.6. The number of aryl methyl sites for hydroxylation is 5. The largest absolute Gasteiger partial charge is 0.205 e. The Morgan fingerprint density at radius 1 is 0.632 bits per heavy atom. The van der Waals surface area contributed by atoms with E-state index < -0.39 is 0 Å². The summed E-state index contributed by atoms with van der Waals surface area (Å²) in [5.74, 6) is 1.50. The van der Waals surface area contributed by atoms with Crippen molar-refractivity contribution >= 4 is 11.6 Å². The SMILES string of the molecule is CCCCCc1ccc(CCc2ccc(CCc3ccc(C4CCC(CCC)CC4)cc3)cc2)c(F)c1Cl. The molecule has 1 fully saturated rings. The minimum atomic E-state index is -0.229. The summed E-state index contributed by atoms with van der Waals surface area (Å²) in [6.45, 7) is 4.49. The van der Waals surface area contributed by atoms with Gasteiger partial charge in [0.2, 0.25) is 0 Å². The molecule has 3 aromatic rings. The number of hydrogen-bond donors (Lipinski definition) is 0. The molecular formula is C36H46ClF. The smallest absolute Gasteiger partial charge is 0.145 e. The van der Waals surface area contributed by atoms with E-state index in [1.807, 2.05) is 12.1 Å². The maximum atomic E-state index is 14.8. The van der Waals surface area contributed by atoms with Crippen LogP contribution in [0.25, 0.3) is 0 Å². The molecule has 0 aliphatic heterocycles. The van der Waals surface area contributed by atoms with Crippen LogP contribution in [0.4, 0.5) is 4.39 Å². The van der Waals surface area contributed by atoms with Crippen molar-refractivity contribution in [3.63, 3.8) is 0 Å². The summed E-state index contributed by atoms with van der Waals surface area (Å²) in [5, 5.41) is 0.321. The zero-order valence-corrected chi connectivity index (χ0v) is 24.3. The second kappa shape index (κ2) is 14.9. The quantitative estimate of drug-likeness (QED) is 0.192. The van der Waals surface area contributed by atoms with Gasteiger partial charge in [0.1, 0.15) is 5.82 Å². The minimum Gasteiger partial charge on any atom is -0.205 e. The molecule has 0 bridgehead atoms. The second-order valence-electron chi connectivity index (χ2n) is 11.5. The molecule has 1 saturated carbocycles. The van der Waals surface area contributed by atoms with Crippen molar-refractivity contribution in [1.29, 1.82) is 0 Å². The van der Waals surface area contributed by atoms with E-state index in [9.17, 15) is 4.39 Å². The maximum Gasteiger partial charge on any atom is 0.145 e. The van der Waals surface area contributed by atoms with Gasteiger partial charge in [-0.25, -0.2) is 4.39 Å². The van der Waals surface area contributed by atoms with Crippen molar-refractivity contribution in [2.75, 3.05) is 0 Å². The third-order valence-electron chi connectivity index (χ3n) is 8.70. The Hall–Kier alpha value is -2.12. The number of benzene rings is 3. The predicted molar refractivity (Wildman–Crippen MR) is 162 cm³/mol. The Morgan fingerprint density at radius 2 is 1.18 bits per heavy atom. The van der Waals surface area contributed by atoms with E-state index in [1.165, 1.54) is 60.8 Å². The van der Waals surface area contributed by atoms with Crippen LogP contribution in [0, 0.1) is 11.7 Å². The van der Waals surface area contributed by atoms with Gasteiger partial charge in [-0.1, -0.05) is 112 Å². The van der Waals surface area contributed by atoms with E-state index in [0.29, 0.717) is 11.4 Å². The molecule has 0 saturated heterocycles. The first-order chi connectivity index (χ1) is 18.6. The summed E-state index contributed by atoms with van der Waals surface area (Å²) in [5.41, 5.74) is 7.22. The Balaban J connectivity index is 1.23. The number of unbranched alkanes of at least 4 members (excludes halogenated alkanes) is 2. The van der Waals surface area contributed by atoms with Crippen LogP contribution in [-0.2, 0) is 32.1 Å². The van der Waals surface area contributed by atoms with Crippen molar-refractivity contribution < 1.29 is 4.39 Å². The Labute approximate surface area is 236 Å². The van der Waals surface area contributed by atoms with E-state index in [-0.39, 0.29) is 5.82 Å². The molecule has 1 aliphatic carbocycles. The van der Waals surface area contributed by atoms with Gasteiger partial charge in [-0.05, 0) is 109 Å². The Morgan fingerprint density at radius 3 is 1.76 bits per heavy atom. The van der Waals surface area contributed by atoms with Gasteiger partial charge in [-0.2, -0.15) is 0 Å². The van der Waals surface area contributed by atoms with Gasteiger partial charge >= 0.3 is 0 Å². The summed E-state index contributed by atoms with van der Waals surface area (Å²) in [6.07, 6.45) is 16.1. The fraction of sp³-hybridized carbons (Fsp3) is 0.500. The van der Waals surface area contributed by atoms with E-state index in [0.717, 1.165) is 67.9 Å². The lowest BCUT2D eigenvalue weighted by molar-refractivity contribution is 0.308. The first-order valence-corrected chi connectivity index (χ1v) is 15.6. The first-order valence-electron chi connectivity index (χ1n) is 15.2. The predicted octanol–water partition coefficient (Wildman–Crippen LogP) is 10.9. The highest BCUT2D eigenvalue weighted by atomic mass is 35.5. The van der Waals surface area contributed by atoms with Crippen LogP contribution >= 0.6 is 11.6 Å². The summed E-state index contributed by atoms with van der Waals surface area (Å²) >= 11 is 6.35. The van der Waals surface area contributed by atoms with E-state index in [2.05, 4.69) is 62.4 Å². The molecule has 3 aromatic carbocycles. The standard InChI is InChI=1S/C36H46ClF/c1-3-5-6-8-33-25-26-34(36(38)35(33)37)24-19-29-12-9-28(10-13-29)11-14-30-17-22-32(23-18-30)31-20-15-27(7-4-2)16-21-31/h9-10,12-13,17-18,22-23,25-27,31H,3-8,11,14-16,19-21,24H2,1-2H3. The van der Waals surface area contributed by atoms with Crippen LogP contribution in [0.3, 0.4) is 0 Å². The molecular weight excluding hydrogens is 487 g/mol. The molecule has 4 rings (SSSR count). The molecule has 0 radical (unpaired) electrons. The molecule has 0 amide bonds. The van der Waals surface area contributed by atoms with E-state index >= 15 is 0 Å². The van der Waals surface area contributed by atoms with Crippen LogP contribution in [0.15, 0.2) is 60.7 Å². The lowest BCUT2D eigenvalue weighted by atomic mass is 9.77. The molecule has 0 N–H and O–H groups in total. The molecule has 38 heavy (non-hydrogen) atoms. The summed E-state index contributed by atoms with van der Waals surface area (Å²) in [7, 11) is 0. The van der Waals surface area contributed by atoms with Crippen LogP contribution in [0.5, 0.6) is 0 Å². The average molecular weight is 533 g/mol. The van der Waals surface area contributed by atoms with Gasteiger partial charge < -0.3 is 0 Å². The number of hydrogen-bond acceptors (Lipinski definition) is 0. The van der Waals surface area contributed by atoms with Crippen molar-refractivity contribution in [3.8, 4) is 0 Å². The Kier molecular flexibility index (Phi) is 11.3. The fourth-order valence-electron chi connectivity index (χ4n) is 6.17. The summed E-state index contributed by atoms with van der Waals surface area (Å²) in [4.78, 5) is 0. The van der Waals surface area contributed by atoms with Gasteiger partial charge in [0, 0.05) is 0 Å². The maximum absolute atomic E-state index is 14.8. The average Bonchev–Trinajstić information content (AvgIpc) is 2.95. The third kappa shape index (κ3) is 8.19. The molecule has 0 nitrogen and oxygen atoms in total. The monoisotopic (exact) mass is 532 g/mol. The second-order valence-corrected chi connectivity index (χ2v) is 11.9. The lowest BCUT2D eigenvalue weighted by Gasteiger charge is -2.28. The summed E-state index contributed by atoms with van der Waals surface area (Å²) in [6, 6.07) is 22.3. The van der Waals surface area contributed by atoms with E-state index in [1.54, 1.807) is 0 Å². The zero-order valence-electron chi connectivity index (χ0n) is 23.6. The lowest BCUT2D eigenvalue weighted by Crippen LogP contribution is -2.13. The van der Waals surface area contributed by atoms with Crippen LogP contribution < -0.4 is 0 Å². The molecule has 204 valence electrons. The molecule has 0 aromatic heterocycles. The van der Waals surface area contributed by atoms with Crippen LogP contribution in [-0.4, -0.2) is 0 Å². The van der Waals surface area contributed by atoms with Gasteiger partial charge in [0.15, 0.2) is 0 Å².